The molecule has 0 radical (unpaired) electrons. The minimum Gasteiger partial charge on any atom is -0.397 e. The van der Waals surface area contributed by atoms with Crippen LogP contribution in [0.2, 0.25) is 0 Å². The molecule has 0 fully saturated rings. The van der Waals surface area contributed by atoms with E-state index in [2.05, 4.69) is 11.6 Å². The van der Waals surface area contributed by atoms with Gasteiger partial charge in [-0.05, 0) is 12.1 Å². The average Bonchev–Trinajstić information content (AvgIpc) is 1.95. The molecule has 0 saturated carbocycles. The van der Waals surface area contributed by atoms with Crippen molar-refractivity contribution in [2.24, 2.45) is 0 Å². The van der Waals surface area contributed by atoms with E-state index in [9.17, 15) is 0 Å². The molecule has 1 heterocycles. The lowest BCUT2D eigenvalue weighted by atomic mass is 10.2. The molecule has 0 unspecified atom stereocenters. The van der Waals surface area contributed by atoms with Crippen LogP contribution in [0, 0.1) is 0 Å². The van der Waals surface area contributed by atoms with Gasteiger partial charge in [-0.15, -0.1) is 6.58 Å². The summed E-state index contributed by atoms with van der Waals surface area (Å²) < 4.78 is 0. The Morgan fingerprint density at radius 1 is 1.60 bits per heavy atom. The second-order valence-corrected chi connectivity index (χ2v) is 2.08. The molecule has 2 N–H and O–H groups in total. The Labute approximate surface area is 60.4 Å². The first-order valence-electron chi connectivity index (χ1n) is 3.14. The molecule has 1 aromatic rings. The van der Waals surface area contributed by atoms with E-state index in [1.807, 2.05) is 18.2 Å². The van der Waals surface area contributed by atoms with Gasteiger partial charge < -0.3 is 5.73 Å². The largest absolute Gasteiger partial charge is 0.397 e. The monoisotopic (exact) mass is 134 g/mol. The number of nitrogen functional groups attached to an aromatic ring is 1. The molecule has 0 aromatic carbocycles. The van der Waals surface area contributed by atoms with Crippen LogP contribution in [-0.4, -0.2) is 4.98 Å². The van der Waals surface area contributed by atoms with Gasteiger partial charge in [-0.2, -0.15) is 0 Å². The fourth-order valence-electron chi connectivity index (χ4n) is 0.705. The van der Waals surface area contributed by atoms with Crippen LogP contribution in [0.25, 0.3) is 0 Å². The molecule has 0 amide bonds. The molecule has 10 heavy (non-hydrogen) atoms. The van der Waals surface area contributed by atoms with Crippen LogP contribution >= 0.6 is 0 Å². The molecular weight excluding hydrogens is 124 g/mol. The van der Waals surface area contributed by atoms with Crippen LogP contribution in [0.15, 0.2) is 31.0 Å². The minimum absolute atomic E-state index is 0.702. The summed E-state index contributed by atoms with van der Waals surface area (Å²) in [6, 6.07) is 3.74. The molecular formula is C8H10N2. The van der Waals surface area contributed by atoms with Crippen LogP contribution in [0.4, 0.5) is 5.69 Å². The molecule has 0 atom stereocenters. The van der Waals surface area contributed by atoms with Crippen LogP contribution in [-0.2, 0) is 6.42 Å². The fourth-order valence-corrected chi connectivity index (χ4v) is 0.705. The van der Waals surface area contributed by atoms with Crippen molar-refractivity contribution in [1.82, 2.24) is 4.98 Å². The van der Waals surface area contributed by atoms with E-state index in [-0.39, 0.29) is 0 Å². The predicted molar refractivity (Wildman–Crippen MR) is 42.6 cm³/mol. The van der Waals surface area contributed by atoms with Crippen LogP contribution < -0.4 is 5.73 Å². The van der Waals surface area contributed by atoms with Gasteiger partial charge in [0, 0.05) is 12.1 Å². The van der Waals surface area contributed by atoms with Gasteiger partial charge in [0.1, 0.15) is 0 Å². The second kappa shape index (κ2) is 3.01. The molecule has 0 spiro atoms. The highest BCUT2D eigenvalue weighted by molar-refractivity contribution is 5.34. The number of nitrogens with two attached hydrogens (primary N) is 1. The topological polar surface area (TPSA) is 38.9 Å². The van der Waals surface area contributed by atoms with Gasteiger partial charge in [0.15, 0.2) is 0 Å². The van der Waals surface area contributed by atoms with Crippen molar-refractivity contribution in [1.29, 1.82) is 0 Å². The fraction of sp³-hybridized carbons (Fsp3) is 0.125. The number of nitrogens with zero attached hydrogens (tertiary/aromatic N) is 1. The van der Waals surface area contributed by atoms with Gasteiger partial charge in [0.05, 0.1) is 11.9 Å². The van der Waals surface area contributed by atoms with Gasteiger partial charge in [0.25, 0.3) is 0 Å². The average molecular weight is 134 g/mol. The van der Waals surface area contributed by atoms with E-state index in [0.29, 0.717) is 5.69 Å². The van der Waals surface area contributed by atoms with E-state index in [1.165, 1.54) is 0 Å². The Morgan fingerprint density at radius 2 is 2.40 bits per heavy atom. The van der Waals surface area contributed by atoms with Gasteiger partial charge >= 0.3 is 0 Å². The van der Waals surface area contributed by atoms with Gasteiger partial charge in [-0.3, -0.25) is 4.98 Å². The van der Waals surface area contributed by atoms with Crippen LogP contribution in [0.1, 0.15) is 5.69 Å². The van der Waals surface area contributed by atoms with Crippen LogP contribution in [0.5, 0.6) is 0 Å². The number of hydrogen-bond acceptors (Lipinski definition) is 2. The summed E-state index contributed by atoms with van der Waals surface area (Å²) in [5.74, 6) is 0. The predicted octanol–water partition coefficient (Wildman–Crippen LogP) is 1.39. The van der Waals surface area contributed by atoms with Crippen molar-refractivity contribution in [2.75, 3.05) is 5.73 Å². The zero-order valence-corrected chi connectivity index (χ0v) is 5.75. The van der Waals surface area contributed by atoms with Crippen molar-refractivity contribution in [3.05, 3.63) is 36.7 Å². The van der Waals surface area contributed by atoms with Crippen molar-refractivity contribution in [2.45, 2.75) is 6.42 Å². The standard InChI is InChI=1S/C8H10N2/c1-2-3-8-5-4-7(9)6-10-8/h2,4-6H,1,3,9H2. The quantitative estimate of drug-likeness (QED) is 0.621. The molecule has 0 aliphatic rings. The number of allylic oxidation sites excluding steroid dienone is 1. The van der Waals surface area contributed by atoms with E-state index in [0.717, 1.165) is 12.1 Å². The molecule has 2 nitrogen and oxygen atoms in total. The highest BCUT2D eigenvalue weighted by Crippen LogP contribution is 2.01. The normalized spacial score (nSPS) is 9.20. The molecule has 0 aliphatic carbocycles. The Hall–Kier alpha value is -1.31. The van der Waals surface area contributed by atoms with E-state index in [1.54, 1.807) is 6.20 Å². The molecule has 0 aliphatic heterocycles. The number of aromatic nitrogens is 1. The first-order valence-corrected chi connectivity index (χ1v) is 3.14. The summed E-state index contributed by atoms with van der Waals surface area (Å²) in [5.41, 5.74) is 7.14. The maximum atomic E-state index is 5.43. The summed E-state index contributed by atoms with van der Waals surface area (Å²) in [4.78, 5) is 4.07. The Balaban J connectivity index is 2.78. The van der Waals surface area contributed by atoms with Crippen molar-refractivity contribution in [3.8, 4) is 0 Å². The van der Waals surface area contributed by atoms with Crippen molar-refractivity contribution >= 4 is 5.69 Å². The summed E-state index contributed by atoms with van der Waals surface area (Å²) >= 11 is 0. The van der Waals surface area contributed by atoms with Gasteiger partial charge in [-0.25, -0.2) is 0 Å². The van der Waals surface area contributed by atoms with Crippen molar-refractivity contribution in [3.63, 3.8) is 0 Å². The maximum absolute atomic E-state index is 5.43. The lowest BCUT2D eigenvalue weighted by molar-refractivity contribution is 1.12. The summed E-state index contributed by atoms with van der Waals surface area (Å²) in [7, 11) is 0. The Bertz CT molecular complexity index is 213. The first kappa shape index (κ1) is 6.81. The number of rotatable bonds is 2. The van der Waals surface area contributed by atoms with Gasteiger partial charge in [0.2, 0.25) is 0 Å². The Kier molecular flexibility index (Phi) is 2.05. The molecule has 2 heteroatoms. The summed E-state index contributed by atoms with van der Waals surface area (Å²) in [6.07, 6.45) is 4.28. The third-order valence-electron chi connectivity index (χ3n) is 1.20. The third-order valence-corrected chi connectivity index (χ3v) is 1.20. The smallest absolute Gasteiger partial charge is 0.0501 e. The lowest BCUT2D eigenvalue weighted by Gasteiger charge is -1.94. The zero-order valence-electron chi connectivity index (χ0n) is 5.75. The molecule has 0 saturated heterocycles. The lowest BCUT2D eigenvalue weighted by Crippen LogP contribution is -1.89. The second-order valence-electron chi connectivity index (χ2n) is 2.08. The molecule has 52 valence electrons. The molecule has 1 rings (SSSR count). The third kappa shape index (κ3) is 1.58. The highest BCUT2D eigenvalue weighted by Gasteiger charge is 1.88. The number of hydrogen-bond donors (Lipinski definition) is 1. The van der Waals surface area contributed by atoms with E-state index in [4.69, 9.17) is 5.73 Å². The van der Waals surface area contributed by atoms with E-state index < -0.39 is 0 Å². The molecule has 0 bridgehead atoms. The number of anilines is 1. The van der Waals surface area contributed by atoms with Crippen LogP contribution in [0.3, 0.4) is 0 Å². The summed E-state index contributed by atoms with van der Waals surface area (Å²) in [6.45, 7) is 3.61. The highest BCUT2D eigenvalue weighted by atomic mass is 14.7. The van der Waals surface area contributed by atoms with Gasteiger partial charge in [-0.1, -0.05) is 6.08 Å². The minimum atomic E-state index is 0.702. The SMILES string of the molecule is C=CCc1ccc(N)cn1. The summed E-state index contributed by atoms with van der Waals surface area (Å²) in [5, 5.41) is 0. The molecule has 1 aromatic heterocycles. The first-order chi connectivity index (χ1) is 4.83. The van der Waals surface area contributed by atoms with E-state index >= 15 is 0 Å². The zero-order chi connectivity index (χ0) is 7.40. The Morgan fingerprint density at radius 3 is 2.90 bits per heavy atom. The maximum Gasteiger partial charge on any atom is 0.0501 e. The van der Waals surface area contributed by atoms with Crippen molar-refractivity contribution < 1.29 is 0 Å². The number of pyridine rings is 1.